The van der Waals surface area contributed by atoms with E-state index < -0.39 is 0 Å². The number of methoxy groups -OCH3 is 1. The maximum Gasteiger partial charge on any atom is 0.124 e. The predicted octanol–water partition coefficient (Wildman–Crippen LogP) is 3.01. The van der Waals surface area contributed by atoms with Gasteiger partial charge in [0.25, 0.3) is 0 Å². The summed E-state index contributed by atoms with van der Waals surface area (Å²) in [7, 11) is 1.67. The van der Waals surface area contributed by atoms with Crippen molar-refractivity contribution in [2.24, 2.45) is 0 Å². The molecule has 4 heteroatoms. The van der Waals surface area contributed by atoms with Crippen LogP contribution in [0.1, 0.15) is 24.8 Å². The van der Waals surface area contributed by atoms with Crippen molar-refractivity contribution in [2.45, 2.75) is 31.9 Å². The fourth-order valence-corrected chi connectivity index (χ4v) is 2.46. The Hall–Kier alpha value is -0.770. The number of rotatable bonds is 5. The Morgan fingerprint density at radius 2 is 2.33 bits per heavy atom. The van der Waals surface area contributed by atoms with Crippen LogP contribution >= 0.6 is 11.6 Å². The standard InChI is InChI=1S/C14H20ClNO2/c1-17-14-7-4-6-13(15)12(14)10-16-9-11-5-2-3-8-18-11/h4,6-7,11,16H,2-3,5,8-10H2,1H3. The lowest BCUT2D eigenvalue weighted by Gasteiger charge is -2.23. The van der Waals surface area contributed by atoms with E-state index in [1.165, 1.54) is 12.8 Å². The van der Waals surface area contributed by atoms with Crippen LogP contribution in [0.4, 0.5) is 0 Å². The molecule has 2 rings (SSSR count). The second-order valence-corrected chi connectivity index (χ2v) is 4.95. The van der Waals surface area contributed by atoms with Crippen molar-refractivity contribution in [3.63, 3.8) is 0 Å². The summed E-state index contributed by atoms with van der Waals surface area (Å²) in [6.45, 7) is 2.47. The summed E-state index contributed by atoms with van der Waals surface area (Å²) in [5.74, 6) is 0.833. The van der Waals surface area contributed by atoms with Crippen LogP contribution < -0.4 is 10.1 Å². The average molecular weight is 270 g/mol. The number of hydrogen-bond acceptors (Lipinski definition) is 3. The smallest absolute Gasteiger partial charge is 0.124 e. The first-order valence-corrected chi connectivity index (χ1v) is 6.82. The molecular weight excluding hydrogens is 250 g/mol. The monoisotopic (exact) mass is 269 g/mol. The summed E-state index contributed by atoms with van der Waals surface area (Å²) >= 11 is 6.18. The normalized spacial score (nSPS) is 19.8. The second-order valence-electron chi connectivity index (χ2n) is 4.54. The molecule has 1 aliphatic rings. The molecule has 0 saturated carbocycles. The highest BCUT2D eigenvalue weighted by Crippen LogP contribution is 2.25. The highest BCUT2D eigenvalue weighted by atomic mass is 35.5. The lowest BCUT2D eigenvalue weighted by molar-refractivity contribution is 0.0167. The van der Waals surface area contributed by atoms with Gasteiger partial charge in [-0.05, 0) is 31.4 Å². The minimum atomic E-state index is 0.340. The van der Waals surface area contributed by atoms with Crippen LogP contribution in [0.25, 0.3) is 0 Å². The first-order valence-electron chi connectivity index (χ1n) is 6.45. The quantitative estimate of drug-likeness (QED) is 0.891. The molecule has 1 atom stereocenters. The largest absolute Gasteiger partial charge is 0.496 e. The van der Waals surface area contributed by atoms with Crippen LogP contribution in [0.2, 0.25) is 5.02 Å². The van der Waals surface area contributed by atoms with E-state index in [0.717, 1.165) is 35.9 Å². The summed E-state index contributed by atoms with van der Waals surface area (Å²) < 4.78 is 11.0. The highest BCUT2D eigenvalue weighted by Gasteiger charge is 2.14. The predicted molar refractivity (Wildman–Crippen MR) is 73.3 cm³/mol. The summed E-state index contributed by atoms with van der Waals surface area (Å²) in [6, 6.07) is 5.72. The molecular formula is C14H20ClNO2. The number of nitrogens with one attached hydrogen (secondary N) is 1. The maximum atomic E-state index is 6.18. The molecule has 3 nitrogen and oxygen atoms in total. The Labute approximate surface area is 113 Å². The molecule has 1 fully saturated rings. The van der Waals surface area contributed by atoms with Crippen LogP contribution in [-0.2, 0) is 11.3 Å². The van der Waals surface area contributed by atoms with Crippen molar-refractivity contribution in [3.8, 4) is 5.75 Å². The third-order valence-electron chi connectivity index (χ3n) is 3.24. The molecule has 1 heterocycles. The summed E-state index contributed by atoms with van der Waals surface area (Å²) in [4.78, 5) is 0. The van der Waals surface area contributed by atoms with Crippen LogP contribution in [-0.4, -0.2) is 26.4 Å². The molecule has 1 aromatic rings. The molecule has 0 aromatic heterocycles. The van der Waals surface area contributed by atoms with Crippen molar-refractivity contribution >= 4 is 11.6 Å². The zero-order valence-corrected chi connectivity index (χ0v) is 11.5. The lowest BCUT2D eigenvalue weighted by Crippen LogP contribution is -2.31. The van der Waals surface area contributed by atoms with Gasteiger partial charge in [0.2, 0.25) is 0 Å². The lowest BCUT2D eigenvalue weighted by atomic mass is 10.1. The molecule has 100 valence electrons. The van der Waals surface area contributed by atoms with E-state index in [1.807, 2.05) is 18.2 Å². The van der Waals surface area contributed by atoms with Gasteiger partial charge < -0.3 is 14.8 Å². The van der Waals surface area contributed by atoms with Gasteiger partial charge in [0.1, 0.15) is 5.75 Å². The molecule has 0 aliphatic carbocycles. The van der Waals surface area contributed by atoms with E-state index in [1.54, 1.807) is 7.11 Å². The van der Waals surface area contributed by atoms with Crippen molar-refractivity contribution in [2.75, 3.05) is 20.3 Å². The highest BCUT2D eigenvalue weighted by molar-refractivity contribution is 6.31. The molecule has 1 N–H and O–H groups in total. The molecule has 1 aliphatic heterocycles. The molecule has 0 radical (unpaired) electrons. The van der Waals surface area contributed by atoms with Gasteiger partial charge in [-0.1, -0.05) is 17.7 Å². The van der Waals surface area contributed by atoms with Gasteiger partial charge in [0.15, 0.2) is 0 Å². The van der Waals surface area contributed by atoms with Gasteiger partial charge in [0.05, 0.1) is 13.2 Å². The Balaban J connectivity index is 1.85. The minimum absolute atomic E-state index is 0.340. The Morgan fingerprint density at radius 3 is 3.06 bits per heavy atom. The van der Waals surface area contributed by atoms with E-state index in [-0.39, 0.29) is 0 Å². The molecule has 0 spiro atoms. The van der Waals surface area contributed by atoms with Crippen molar-refractivity contribution in [3.05, 3.63) is 28.8 Å². The van der Waals surface area contributed by atoms with E-state index in [0.29, 0.717) is 12.6 Å². The average Bonchev–Trinajstić information content (AvgIpc) is 2.41. The first-order chi connectivity index (χ1) is 8.81. The summed E-state index contributed by atoms with van der Waals surface area (Å²) in [5, 5.41) is 4.14. The Morgan fingerprint density at radius 1 is 1.44 bits per heavy atom. The van der Waals surface area contributed by atoms with Crippen LogP contribution in [0, 0.1) is 0 Å². The van der Waals surface area contributed by atoms with E-state index in [4.69, 9.17) is 21.1 Å². The molecule has 0 amide bonds. The van der Waals surface area contributed by atoms with Crippen LogP contribution in [0.5, 0.6) is 5.75 Å². The molecule has 0 bridgehead atoms. The molecule has 18 heavy (non-hydrogen) atoms. The van der Waals surface area contributed by atoms with Gasteiger partial charge in [-0.3, -0.25) is 0 Å². The van der Waals surface area contributed by atoms with Crippen molar-refractivity contribution in [1.29, 1.82) is 0 Å². The Bertz CT molecular complexity index is 378. The Kier molecular flexibility index (Phi) is 5.29. The van der Waals surface area contributed by atoms with Crippen LogP contribution in [0.15, 0.2) is 18.2 Å². The third kappa shape index (κ3) is 3.61. The van der Waals surface area contributed by atoms with Crippen molar-refractivity contribution < 1.29 is 9.47 Å². The van der Waals surface area contributed by atoms with Gasteiger partial charge in [0, 0.05) is 30.3 Å². The molecule has 1 unspecified atom stereocenters. The van der Waals surface area contributed by atoms with Crippen LogP contribution in [0.3, 0.4) is 0 Å². The third-order valence-corrected chi connectivity index (χ3v) is 3.60. The van der Waals surface area contributed by atoms with Gasteiger partial charge >= 0.3 is 0 Å². The fraction of sp³-hybridized carbons (Fsp3) is 0.571. The van der Waals surface area contributed by atoms with E-state index >= 15 is 0 Å². The van der Waals surface area contributed by atoms with E-state index in [9.17, 15) is 0 Å². The summed E-state index contributed by atoms with van der Waals surface area (Å²) in [6.07, 6.45) is 3.94. The zero-order valence-electron chi connectivity index (χ0n) is 10.7. The second kappa shape index (κ2) is 6.98. The van der Waals surface area contributed by atoms with Gasteiger partial charge in [-0.15, -0.1) is 0 Å². The first kappa shape index (κ1) is 13.7. The SMILES string of the molecule is COc1cccc(Cl)c1CNCC1CCCCO1. The van der Waals surface area contributed by atoms with Crippen molar-refractivity contribution in [1.82, 2.24) is 5.32 Å². The van der Waals surface area contributed by atoms with E-state index in [2.05, 4.69) is 5.32 Å². The number of hydrogen-bond donors (Lipinski definition) is 1. The minimum Gasteiger partial charge on any atom is -0.496 e. The fourth-order valence-electron chi connectivity index (χ4n) is 2.23. The topological polar surface area (TPSA) is 30.5 Å². The number of ether oxygens (including phenoxy) is 2. The van der Waals surface area contributed by atoms with Gasteiger partial charge in [-0.2, -0.15) is 0 Å². The molecule has 1 saturated heterocycles. The summed E-state index contributed by atoms with van der Waals surface area (Å²) in [5.41, 5.74) is 1.01. The molecule has 1 aromatic carbocycles. The zero-order chi connectivity index (χ0) is 12.8. The number of benzene rings is 1. The van der Waals surface area contributed by atoms with Gasteiger partial charge in [-0.25, -0.2) is 0 Å². The maximum absolute atomic E-state index is 6.18. The number of halogens is 1.